The van der Waals surface area contributed by atoms with Gasteiger partial charge in [-0.05, 0) is 36.8 Å². The lowest BCUT2D eigenvalue weighted by Gasteiger charge is -2.26. The average molecular weight is 428 g/mol. The van der Waals surface area contributed by atoms with Gasteiger partial charge in [-0.2, -0.15) is 0 Å². The van der Waals surface area contributed by atoms with E-state index in [4.69, 9.17) is 24.2 Å². The van der Waals surface area contributed by atoms with Crippen LogP contribution in [0.1, 0.15) is 45.7 Å². The van der Waals surface area contributed by atoms with Crippen molar-refractivity contribution < 1.29 is 38.5 Å². The van der Waals surface area contributed by atoms with Gasteiger partial charge in [-0.25, -0.2) is 5.48 Å². The molecule has 0 aromatic heterocycles. The van der Waals surface area contributed by atoms with Crippen LogP contribution in [-0.2, 0) is 4.79 Å². The fourth-order valence-corrected chi connectivity index (χ4v) is 3.74. The first kappa shape index (κ1) is 20.5. The van der Waals surface area contributed by atoms with E-state index in [1.54, 1.807) is 36.7 Å². The monoisotopic (exact) mass is 428 g/mol. The number of hydroxylamine groups is 1. The molecule has 0 saturated carbocycles. The highest BCUT2D eigenvalue weighted by atomic mass is 16.7. The van der Waals surface area contributed by atoms with E-state index in [0.717, 1.165) is 4.90 Å². The summed E-state index contributed by atoms with van der Waals surface area (Å²) in [5, 5.41) is 9.06. The van der Waals surface area contributed by atoms with Gasteiger partial charge in [0.1, 0.15) is 0 Å². The molecule has 2 aromatic carbocycles. The summed E-state index contributed by atoms with van der Waals surface area (Å²) in [5.74, 6) is -0.536. The second kappa shape index (κ2) is 8.15. The molecule has 2 aliphatic heterocycles. The standard InChI is InChI=1S/C21H20N2O8/c1-3-29-16-8-11(4-6-14(16)28-2)13(9-17(24)22-27)23-20(25)12-5-7-15-19(31-10-30-15)18(12)21(23)26/h4-8,13,27H,3,9-10H2,1-2H3,(H,22,24). The molecule has 10 heteroatoms. The first-order valence-electron chi connectivity index (χ1n) is 9.54. The molecule has 1 unspecified atom stereocenters. The predicted molar refractivity (Wildman–Crippen MR) is 105 cm³/mol. The fourth-order valence-electron chi connectivity index (χ4n) is 3.74. The second-order valence-corrected chi connectivity index (χ2v) is 6.80. The van der Waals surface area contributed by atoms with Crippen LogP contribution in [-0.4, -0.2) is 48.3 Å². The Hall–Kier alpha value is -3.79. The number of rotatable bonds is 7. The van der Waals surface area contributed by atoms with Crippen molar-refractivity contribution in [2.75, 3.05) is 20.5 Å². The normalized spacial score (nSPS) is 15.0. The number of ether oxygens (including phenoxy) is 4. The van der Waals surface area contributed by atoms with E-state index < -0.39 is 23.8 Å². The summed E-state index contributed by atoms with van der Waals surface area (Å²) in [6.45, 7) is 2.10. The molecule has 0 spiro atoms. The first-order valence-corrected chi connectivity index (χ1v) is 9.54. The van der Waals surface area contributed by atoms with Gasteiger partial charge >= 0.3 is 0 Å². The summed E-state index contributed by atoms with van der Waals surface area (Å²) in [5.41, 5.74) is 2.25. The molecular formula is C21H20N2O8. The predicted octanol–water partition coefficient (Wildman–Crippen LogP) is 2.06. The van der Waals surface area contributed by atoms with Crippen LogP contribution in [0.5, 0.6) is 23.0 Å². The first-order chi connectivity index (χ1) is 15.0. The summed E-state index contributed by atoms with van der Waals surface area (Å²) >= 11 is 0. The van der Waals surface area contributed by atoms with Crippen molar-refractivity contribution in [1.82, 2.24) is 10.4 Å². The Bertz CT molecular complexity index is 1070. The molecule has 2 aliphatic rings. The van der Waals surface area contributed by atoms with Gasteiger partial charge in [0.2, 0.25) is 12.7 Å². The van der Waals surface area contributed by atoms with Gasteiger partial charge < -0.3 is 18.9 Å². The zero-order chi connectivity index (χ0) is 22.1. The Labute approximate surface area is 177 Å². The van der Waals surface area contributed by atoms with Gasteiger partial charge in [0.15, 0.2) is 23.0 Å². The Morgan fingerprint density at radius 1 is 1.19 bits per heavy atom. The van der Waals surface area contributed by atoms with Crippen LogP contribution < -0.4 is 24.4 Å². The van der Waals surface area contributed by atoms with Crippen LogP contribution in [0.3, 0.4) is 0 Å². The van der Waals surface area contributed by atoms with E-state index in [1.807, 2.05) is 0 Å². The maximum Gasteiger partial charge on any atom is 0.266 e. The molecule has 4 rings (SSSR count). The zero-order valence-electron chi connectivity index (χ0n) is 16.8. The Morgan fingerprint density at radius 3 is 2.71 bits per heavy atom. The highest BCUT2D eigenvalue weighted by molar-refractivity contribution is 6.23. The largest absolute Gasteiger partial charge is 0.493 e. The number of carbonyl (C=O) groups is 3. The number of hydrogen-bond donors (Lipinski definition) is 2. The van der Waals surface area contributed by atoms with Crippen LogP contribution in [0.2, 0.25) is 0 Å². The number of fused-ring (bicyclic) bond motifs is 3. The molecule has 0 radical (unpaired) electrons. The maximum absolute atomic E-state index is 13.3. The molecule has 0 aliphatic carbocycles. The molecule has 10 nitrogen and oxygen atoms in total. The molecule has 0 fully saturated rings. The minimum absolute atomic E-state index is 0.0558. The van der Waals surface area contributed by atoms with Gasteiger partial charge in [-0.15, -0.1) is 0 Å². The SMILES string of the molecule is CCOc1cc(C(CC(=O)NO)N2C(=O)c3ccc4c(c3C2=O)OCO4)ccc1OC. The molecule has 3 amide bonds. The van der Waals surface area contributed by atoms with Gasteiger partial charge in [0.05, 0.1) is 37.3 Å². The number of carbonyl (C=O) groups excluding carboxylic acids is 3. The third-order valence-electron chi connectivity index (χ3n) is 5.11. The van der Waals surface area contributed by atoms with E-state index >= 15 is 0 Å². The summed E-state index contributed by atoms with van der Waals surface area (Å²) in [6, 6.07) is 6.90. The van der Waals surface area contributed by atoms with Crippen molar-refractivity contribution in [2.24, 2.45) is 0 Å². The van der Waals surface area contributed by atoms with Crippen LogP contribution in [0.4, 0.5) is 0 Å². The third-order valence-corrected chi connectivity index (χ3v) is 5.11. The lowest BCUT2D eigenvalue weighted by molar-refractivity contribution is -0.130. The maximum atomic E-state index is 13.3. The summed E-state index contributed by atoms with van der Waals surface area (Å²) < 4.78 is 21.6. The summed E-state index contributed by atoms with van der Waals surface area (Å²) in [6.07, 6.45) is -0.362. The Morgan fingerprint density at radius 2 is 2.00 bits per heavy atom. The molecule has 1 atom stereocenters. The van der Waals surface area contributed by atoms with E-state index in [2.05, 4.69) is 0 Å². The van der Waals surface area contributed by atoms with Crippen molar-refractivity contribution in [3.05, 3.63) is 47.0 Å². The minimum atomic E-state index is -1.01. The molecule has 0 saturated heterocycles. The quantitative estimate of drug-likeness (QED) is 0.390. The minimum Gasteiger partial charge on any atom is -0.493 e. The lowest BCUT2D eigenvalue weighted by atomic mass is 10.0. The van der Waals surface area contributed by atoms with Crippen LogP contribution >= 0.6 is 0 Å². The van der Waals surface area contributed by atoms with Crippen LogP contribution in [0, 0.1) is 0 Å². The molecule has 0 bridgehead atoms. The number of methoxy groups -OCH3 is 1. The van der Waals surface area contributed by atoms with Crippen molar-refractivity contribution >= 4 is 17.7 Å². The molecule has 2 aromatic rings. The molecule has 31 heavy (non-hydrogen) atoms. The van der Waals surface area contributed by atoms with E-state index in [9.17, 15) is 14.4 Å². The summed E-state index contributed by atoms with van der Waals surface area (Å²) in [7, 11) is 1.49. The number of hydrogen-bond acceptors (Lipinski definition) is 8. The van der Waals surface area contributed by atoms with Crippen molar-refractivity contribution in [3.8, 4) is 23.0 Å². The van der Waals surface area contributed by atoms with Gasteiger partial charge in [0.25, 0.3) is 11.8 Å². The summed E-state index contributed by atoms with van der Waals surface area (Å²) in [4.78, 5) is 39.5. The smallest absolute Gasteiger partial charge is 0.266 e. The highest BCUT2D eigenvalue weighted by Crippen LogP contribution is 2.44. The number of amides is 3. The molecular weight excluding hydrogens is 408 g/mol. The van der Waals surface area contributed by atoms with Crippen molar-refractivity contribution in [3.63, 3.8) is 0 Å². The van der Waals surface area contributed by atoms with E-state index in [1.165, 1.54) is 13.2 Å². The van der Waals surface area contributed by atoms with Crippen LogP contribution in [0.15, 0.2) is 30.3 Å². The van der Waals surface area contributed by atoms with Gasteiger partial charge in [0, 0.05) is 0 Å². The number of imide groups is 1. The molecule has 2 N–H and O–H groups in total. The number of nitrogens with one attached hydrogen (secondary N) is 1. The third kappa shape index (κ3) is 3.40. The average Bonchev–Trinajstić information content (AvgIpc) is 3.35. The van der Waals surface area contributed by atoms with Crippen molar-refractivity contribution in [1.29, 1.82) is 0 Å². The Kier molecular flexibility index (Phi) is 5.38. The van der Waals surface area contributed by atoms with Gasteiger partial charge in [-0.1, -0.05) is 6.07 Å². The molecule has 2 heterocycles. The lowest BCUT2D eigenvalue weighted by Crippen LogP contribution is -2.37. The van der Waals surface area contributed by atoms with Crippen molar-refractivity contribution in [2.45, 2.75) is 19.4 Å². The number of nitrogens with zero attached hydrogens (tertiary/aromatic N) is 1. The van der Waals surface area contributed by atoms with E-state index in [0.29, 0.717) is 29.4 Å². The number of benzene rings is 2. The second-order valence-electron chi connectivity index (χ2n) is 6.80. The van der Waals surface area contributed by atoms with Crippen LogP contribution in [0.25, 0.3) is 0 Å². The Balaban J connectivity index is 1.79. The molecule has 162 valence electrons. The van der Waals surface area contributed by atoms with Gasteiger partial charge in [-0.3, -0.25) is 24.5 Å². The fraction of sp³-hybridized carbons (Fsp3) is 0.286. The topological polar surface area (TPSA) is 124 Å². The van der Waals surface area contributed by atoms with E-state index in [-0.39, 0.29) is 30.1 Å². The highest BCUT2D eigenvalue weighted by Gasteiger charge is 2.45. The zero-order valence-corrected chi connectivity index (χ0v) is 16.8.